The number of rotatable bonds is 3. The lowest BCUT2D eigenvalue weighted by molar-refractivity contribution is 0.415. The molecule has 0 aliphatic heterocycles. The zero-order chi connectivity index (χ0) is 16.5. The van der Waals surface area contributed by atoms with Crippen molar-refractivity contribution in [3.8, 4) is 28.3 Å². The van der Waals surface area contributed by atoms with Crippen LogP contribution in [-0.4, -0.2) is 21.7 Å². The van der Waals surface area contributed by atoms with Gasteiger partial charge in [0.2, 0.25) is 4.96 Å². The van der Waals surface area contributed by atoms with Crippen molar-refractivity contribution in [2.75, 3.05) is 7.11 Å². The van der Waals surface area contributed by atoms with E-state index in [0.717, 1.165) is 17.0 Å². The number of benzene rings is 2. The summed E-state index contributed by atoms with van der Waals surface area (Å²) >= 11 is 1.40. The summed E-state index contributed by atoms with van der Waals surface area (Å²) in [6, 6.07) is 17.2. The van der Waals surface area contributed by atoms with Gasteiger partial charge in [0.25, 0.3) is 0 Å². The van der Waals surface area contributed by atoms with Crippen LogP contribution in [0.2, 0.25) is 0 Å². The monoisotopic (exact) mass is 335 g/mol. The van der Waals surface area contributed by atoms with Crippen molar-refractivity contribution in [2.24, 2.45) is 0 Å². The van der Waals surface area contributed by atoms with Crippen LogP contribution in [-0.2, 0) is 0 Å². The molecule has 6 heteroatoms. The molecule has 0 radical (unpaired) electrons. The van der Waals surface area contributed by atoms with Crippen LogP contribution >= 0.6 is 11.3 Å². The number of nitrogens with zero attached hydrogens (tertiary/aromatic N) is 3. The Kier molecular flexibility index (Phi) is 3.59. The Bertz CT molecular complexity index is 1050. The third-order valence-corrected chi connectivity index (χ3v) is 4.53. The third kappa shape index (κ3) is 2.47. The van der Waals surface area contributed by atoms with Gasteiger partial charge in [0.05, 0.1) is 12.8 Å². The van der Waals surface area contributed by atoms with Crippen LogP contribution in [0.4, 0.5) is 0 Å². The minimum Gasteiger partial charge on any atom is -0.497 e. The highest BCUT2D eigenvalue weighted by Gasteiger charge is 2.13. The van der Waals surface area contributed by atoms with Gasteiger partial charge in [0.1, 0.15) is 5.75 Å². The van der Waals surface area contributed by atoms with Crippen LogP contribution in [0.3, 0.4) is 0 Å². The zero-order valence-electron chi connectivity index (χ0n) is 12.8. The van der Waals surface area contributed by atoms with Gasteiger partial charge in [0.15, 0.2) is 5.69 Å². The first-order valence-electron chi connectivity index (χ1n) is 7.35. The molecule has 5 nitrogen and oxygen atoms in total. The van der Waals surface area contributed by atoms with Crippen molar-refractivity contribution >= 4 is 16.3 Å². The molecule has 0 spiro atoms. The van der Waals surface area contributed by atoms with Gasteiger partial charge < -0.3 is 4.74 Å². The minimum absolute atomic E-state index is 0.325. The van der Waals surface area contributed by atoms with Gasteiger partial charge in [-0.25, -0.2) is 4.52 Å². The number of hydrogen-bond donors (Lipinski definition) is 0. The van der Waals surface area contributed by atoms with Crippen LogP contribution in [0.1, 0.15) is 0 Å². The van der Waals surface area contributed by atoms with E-state index >= 15 is 0 Å². The second kappa shape index (κ2) is 5.90. The molecule has 0 aliphatic carbocycles. The summed E-state index contributed by atoms with van der Waals surface area (Å²) in [6.45, 7) is 0. The molecule has 0 atom stereocenters. The fourth-order valence-electron chi connectivity index (χ4n) is 2.49. The van der Waals surface area contributed by atoms with Gasteiger partial charge >= 0.3 is 5.56 Å². The molecular weight excluding hydrogens is 322 g/mol. The SMILES string of the molecule is COc1ccc(-c2nn3c(-c4ccccc4)csc3nc2=O)cc1. The summed E-state index contributed by atoms with van der Waals surface area (Å²) in [5.41, 5.74) is 2.65. The Morgan fingerprint density at radius 2 is 1.75 bits per heavy atom. The van der Waals surface area contributed by atoms with Crippen molar-refractivity contribution < 1.29 is 4.74 Å². The van der Waals surface area contributed by atoms with Crippen molar-refractivity contribution in [1.29, 1.82) is 0 Å². The Morgan fingerprint density at radius 3 is 2.46 bits per heavy atom. The summed E-state index contributed by atoms with van der Waals surface area (Å²) in [5, 5.41) is 6.51. The van der Waals surface area contributed by atoms with Gasteiger partial charge in [-0.15, -0.1) is 11.3 Å². The lowest BCUT2D eigenvalue weighted by Gasteiger charge is -2.04. The Balaban J connectivity index is 1.90. The van der Waals surface area contributed by atoms with E-state index in [9.17, 15) is 4.79 Å². The van der Waals surface area contributed by atoms with E-state index in [0.29, 0.717) is 16.2 Å². The highest BCUT2D eigenvalue weighted by molar-refractivity contribution is 7.15. The zero-order valence-corrected chi connectivity index (χ0v) is 13.7. The van der Waals surface area contributed by atoms with E-state index in [1.807, 2.05) is 47.8 Å². The second-order valence-corrected chi connectivity index (χ2v) is 6.01. The van der Waals surface area contributed by atoms with E-state index in [2.05, 4.69) is 10.1 Å². The summed E-state index contributed by atoms with van der Waals surface area (Å²) in [5.74, 6) is 0.730. The van der Waals surface area contributed by atoms with Crippen LogP contribution in [0.25, 0.3) is 27.5 Å². The third-order valence-electron chi connectivity index (χ3n) is 3.72. The molecule has 0 aliphatic rings. The van der Waals surface area contributed by atoms with Gasteiger partial charge in [-0.2, -0.15) is 10.1 Å². The fraction of sp³-hybridized carbons (Fsp3) is 0.0556. The first kappa shape index (κ1) is 14.6. The van der Waals surface area contributed by atoms with Gasteiger partial charge in [0, 0.05) is 16.5 Å². The molecule has 24 heavy (non-hydrogen) atoms. The summed E-state index contributed by atoms with van der Waals surface area (Å²) in [4.78, 5) is 17.1. The number of methoxy groups -OCH3 is 1. The Hall–Kier alpha value is -2.99. The lowest BCUT2D eigenvalue weighted by Crippen LogP contribution is -2.14. The quantitative estimate of drug-likeness (QED) is 0.575. The molecule has 4 rings (SSSR count). The standard InChI is InChI=1S/C18H13N3O2S/c1-23-14-9-7-13(8-10-14)16-17(22)19-18-21(20-16)15(11-24-18)12-5-3-2-4-6-12/h2-11H,1H3. The Morgan fingerprint density at radius 1 is 1.00 bits per heavy atom. The van der Waals surface area contributed by atoms with E-state index in [1.165, 1.54) is 11.3 Å². The lowest BCUT2D eigenvalue weighted by atomic mass is 10.1. The molecule has 2 heterocycles. The normalized spacial score (nSPS) is 10.9. The smallest absolute Gasteiger partial charge is 0.300 e. The van der Waals surface area contributed by atoms with Crippen molar-refractivity contribution in [2.45, 2.75) is 0 Å². The molecule has 0 saturated carbocycles. The molecule has 0 fully saturated rings. The minimum atomic E-state index is -0.332. The second-order valence-electron chi connectivity index (χ2n) is 5.18. The van der Waals surface area contributed by atoms with E-state index in [4.69, 9.17) is 4.74 Å². The predicted octanol–water partition coefficient (Wildman–Crippen LogP) is 3.49. The molecule has 2 aromatic heterocycles. The largest absolute Gasteiger partial charge is 0.497 e. The number of thiazole rings is 1. The maximum atomic E-state index is 12.3. The van der Waals surface area contributed by atoms with Crippen LogP contribution in [0.5, 0.6) is 5.75 Å². The topological polar surface area (TPSA) is 56.5 Å². The average Bonchev–Trinajstić information content (AvgIpc) is 3.04. The van der Waals surface area contributed by atoms with E-state index in [1.54, 1.807) is 23.8 Å². The van der Waals surface area contributed by atoms with Crippen molar-refractivity contribution in [3.05, 3.63) is 70.3 Å². The summed E-state index contributed by atoms with van der Waals surface area (Å²) in [7, 11) is 1.60. The van der Waals surface area contributed by atoms with Crippen molar-refractivity contribution in [3.63, 3.8) is 0 Å². The number of fused-ring (bicyclic) bond motifs is 1. The molecule has 0 unspecified atom stereocenters. The van der Waals surface area contributed by atoms with E-state index in [-0.39, 0.29) is 5.56 Å². The predicted molar refractivity (Wildman–Crippen MR) is 94.6 cm³/mol. The summed E-state index contributed by atoms with van der Waals surface area (Å²) < 4.78 is 6.88. The maximum Gasteiger partial charge on any atom is 0.300 e. The molecular formula is C18H13N3O2S. The highest BCUT2D eigenvalue weighted by Crippen LogP contribution is 2.25. The van der Waals surface area contributed by atoms with Crippen LogP contribution < -0.4 is 10.3 Å². The summed E-state index contributed by atoms with van der Waals surface area (Å²) in [6.07, 6.45) is 0. The first-order valence-corrected chi connectivity index (χ1v) is 8.22. The maximum absolute atomic E-state index is 12.3. The molecule has 0 bridgehead atoms. The van der Waals surface area contributed by atoms with E-state index < -0.39 is 0 Å². The van der Waals surface area contributed by atoms with Gasteiger partial charge in [-0.05, 0) is 24.3 Å². The first-order chi connectivity index (χ1) is 11.8. The molecule has 0 saturated heterocycles. The van der Waals surface area contributed by atoms with Crippen LogP contribution in [0, 0.1) is 0 Å². The van der Waals surface area contributed by atoms with Crippen LogP contribution in [0.15, 0.2) is 64.8 Å². The number of ether oxygens (including phenoxy) is 1. The number of aromatic nitrogens is 3. The van der Waals surface area contributed by atoms with Gasteiger partial charge in [-0.1, -0.05) is 30.3 Å². The highest BCUT2D eigenvalue weighted by atomic mass is 32.1. The van der Waals surface area contributed by atoms with Gasteiger partial charge in [-0.3, -0.25) is 4.79 Å². The molecule has 2 aromatic carbocycles. The fourth-order valence-corrected chi connectivity index (χ4v) is 3.32. The molecule has 4 aromatic rings. The molecule has 118 valence electrons. The molecule has 0 N–H and O–H groups in total. The van der Waals surface area contributed by atoms with Crippen molar-refractivity contribution in [1.82, 2.24) is 14.6 Å². The molecule has 0 amide bonds. The average molecular weight is 335 g/mol. The number of hydrogen-bond acceptors (Lipinski definition) is 5. The Labute approximate surface area is 141 Å².